The van der Waals surface area contributed by atoms with Gasteiger partial charge >= 0.3 is 0 Å². The Balaban J connectivity index is 1.18. The second kappa shape index (κ2) is 14.3. The summed E-state index contributed by atoms with van der Waals surface area (Å²) in [7, 11) is 0. The highest BCUT2D eigenvalue weighted by Gasteiger charge is 2.27. The topological polar surface area (TPSA) is 18.0 Å². The van der Waals surface area contributed by atoms with Crippen LogP contribution in [0.2, 0.25) is 0 Å². The van der Waals surface area contributed by atoms with E-state index in [9.17, 15) is 0 Å². The molecule has 1 aliphatic heterocycles. The van der Waals surface area contributed by atoms with Crippen molar-refractivity contribution >= 4 is 110 Å². The van der Waals surface area contributed by atoms with Crippen LogP contribution >= 0.6 is 0 Å². The van der Waals surface area contributed by atoms with E-state index in [1.807, 2.05) is 0 Å². The lowest BCUT2D eigenvalue weighted by atomic mass is 9.98. The molecule has 4 heteroatoms. The number of rotatable bonds is 5. The quantitative estimate of drug-likeness (QED) is 0.169. The maximum absolute atomic E-state index is 4.76. The number of benzene rings is 9. The van der Waals surface area contributed by atoms with E-state index in [4.69, 9.17) is 6.58 Å². The molecule has 4 heterocycles. The van der Waals surface area contributed by atoms with Gasteiger partial charge in [-0.2, -0.15) is 0 Å². The van der Waals surface area contributed by atoms with Gasteiger partial charge in [-0.3, -0.25) is 0 Å². The molecule has 0 radical (unpaired) electrons. The molecule has 3 aromatic heterocycles. The number of hydrogen-bond donors (Lipinski definition) is 0. The lowest BCUT2D eigenvalue weighted by Crippen LogP contribution is -2.19. The lowest BCUT2D eigenvalue weighted by Gasteiger charge is -2.28. The first-order valence-electron chi connectivity index (χ1n) is 23.0. The van der Waals surface area contributed by atoms with Crippen molar-refractivity contribution in [3.8, 4) is 17.1 Å². The molecule has 4 bridgehead atoms. The molecule has 0 spiro atoms. The predicted molar refractivity (Wildman–Crippen MR) is 287 cm³/mol. The summed E-state index contributed by atoms with van der Waals surface area (Å²) < 4.78 is 7.45. The fraction of sp³-hybridized carbons (Fsp3) is 0.0159. The summed E-state index contributed by atoms with van der Waals surface area (Å²) in [6.45, 7) is 10.0. The Kier molecular flexibility index (Phi) is 8.02. The van der Waals surface area contributed by atoms with E-state index in [0.717, 1.165) is 72.5 Å². The van der Waals surface area contributed by atoms with Gasteiger partial charge in [0.2, 0.25) is 0 Å². The van der Waals surface area contributed by atoms with Crippen molar-refractivity contribution in [2.24, 2.45) is 0 Å². The summed E-state index contributed by atoms with van der Waals surface area (Å²) in [5, 5.41) is 12.0. The van der Waals surface area contributed by atoms with E-state index < -0.39 is 0 Å². The third kappa shape index (κ3) is 5.29. The SMILES string of the molecule is C=Cc1c2ccc3ccc4ccc5c(c4c3)c3c4c1c(cc2)n(-c1cccc2c1C(=C)/C=C\C=C/CN2c1ccccc1)c4ccc3n5-c1cccc2c1c1ccccc1n2-c1ccccc1. The zero-order chi connectivity index (χ0) is 44.3. The monoisotopic (exact) mass is 854 g/mol. The van der Waals surface area contributed by atoms with Crippen LogP contribution in [0.4, 0.5) is 11.4 Å². The van der Waals surface area contributed by atoms with Gasteiger partial charge in [-0.25, -0.2) is 0 Å². The van der Waals surface area contributed by atoms with Crippen LogP contribution in [0.1, 0.15) is 11.1 Å². The summed E-state index contributed by atoms with van der Waals surface area (Å²) in [6.07, 6.45) is 10.7. The summed E-state index contributed by atoms with van der Waals surface area (Å²) in [5.41, 5.74) is 15.7. The van der Waals surface area contributed by atoms with Gasteiger partial charge in [-0.15, -0.1) is 0 Å². The van der Waals surface area contributed by atoms with Gasteiger partial charge in [0.25, 0.3) is 0 Å². The second-order valence-electron chi connectivity index (χ2n) is 17.8. The van der Waals surface area contributed by atoms with Gasteiger partial charge in [-0.05, 0) is 118 Å². The number of anilines is 2. The molecule has 13 aromatic rings. The molecule has 14 rings (SSSR count). The largest absolute Gasteiger partial charge is 0.337 e. The minimum Gasteiger partial charge on any atom is -0.337 e. The van der Waals surface area contributed by atoms with Gasteiger partial charge in [0, 0.05) is 55.8 Å². The Hall–Kier alpha value is -8.86. The van der Waals surface area contributed by atoms with Gasteiger partial charge in [0.15, 0.2) is 0 Å². The third-order valence-electron chi connectivity index (χ3n) is 14.3. The second-order valence-corrected chi connectivity index (χ2v) is 17.8. The van der Waals surface area contributed by atoms with Crippen molar-refractivity contribution in [2.75, 3.05) is 11.4 Å². The minimum absolute atomic E-state index is 0.716. The molecule has 314 valence electrons. The molecule has 67 heavy (non-hydrogen) atoms. The first kappa shape index (κ1) is 37.5. The first-order valence-corrected chi connectivity index (χ1v) is 23.0. The van der Waals surface area contributed by atoms with E-state index in [0.29, 0.717) is 6.54 Å². The Labute approximate surface area is 387 Å². The van der Waals surface area contributed by atoms with Crippen LogP contribution in [0.5, 0.6) is 0 Å². The maximum atomic E-state index is 4.76. The highest BCUT2D eigenvalue weighted by atomic mass is 15.1. The highest BCUT2D eigenvalue weighted by molar-refractivity contribution is 6.35. The lowest BCUT2D eigenvalue weighted by molar-refractivity contribution is 1.08. The van der Waals surface area contributed by atoms with Crippen molar-refractivity contribution in [3.63, 3.8) is 0 Å². The van der Waals surface area contributed by atoms with Gasteiger partial charge < -0.3 is 18.6 Å². The molecule has 0 saturated heterocycles. The van der Waals surface area contributed by atoms with E-state index in [1.54, 1.807) is 0 Å². The fourth-order valence-electron chi connectivity index (χ4n) is 11.5. The molecular weight excluding hydrogens is 813 g/mol. The fourth-order valence-corrected chi connectivity index (χ4v) is 11.5. The van der Waals surface area contributed by atoms with Crippen molar-refractivity contribution < 1.29 is 0 Å². The molecule has 0 aliphatic carbocycles. The highest BCUT2D eigenvalue weighted by Crippen LogP contribution is 2.49. The summed E-state index contributed by atoms with van der Waals surface area (Å²) >= 11 is 0. The normalized spacial score (nSPS) is 14.2. The number of nitrogens with zero attached hydrogens (tertiary/aromatic N) is 4. The minimum atomic E-state index is 0.716. The van der Waals surface area contributed by atoms with Crippen molar-refractivity contribution in [3.05, 3.63) is 237 Å². The van der Waals surface area contributed by atoms with E-state index >= 15 is 0 Å². The van der Waals surface area contributed by atoms with Crippen LogP contribution in [0, 0.1) is 0 Å². The van der Waals surface area contributed by atoms with Gasteiger partial charge in [0.1, 0.15) is 0 Å². The Morgan fingerprint density at radius 2 is 1.00 bits per heavy atom. The molecule has 0 N–H and O–H groups in total. The maximum Gasteiger partial charge on any atom is 0.0562 e. The molecule has 0 unspecified atom stereocenters. The van der Waals surface area contributed by atoms with Crippen molar-refractivity contribution in [2.45, 2.75) is 0 Å². The number of aromatic nitrogens is 3. The van der Waals surface area contributed by atoms with Crippen LogP contribution in [-0.4, -0.2) is 20.2 Å². The van der Waals surface area contributed by atoms with Gasteiger partial charge in [0.05, 0.1) is 50.2 Å². The van der Waals surface area contributed by atoms with E-state index in [2.05, 4.69) is 244 Å². The Morgan fingerprint density at radius 1 is 0.418 bits per heavy atom. The van der Waals surface area contributed by atoms with Crippen LogP contribution < -0.4 is 4.90 Å². The Bertz CT molecular complexity index is 4270. The van der Waals surface area contributed by atoms with Crippen LogP contribution in [-0.2, 0) is 0 Å². The van der Waals surface area contributed by atoms with E-state index in [1.165, 1.54) is 59.6 Å². The average Bonchev–Trinajstić information content (AvgIpc) is 4.03. The number of fused-ring (bicyclic) bond motifs is 6. The zero-order valence-electron chi connectivity index (χ0n) is 36.7. The molecular formula is C63H42N4. The molecule has 0 amide bonds. The van der Waals surface area contributed by atoms with Crippen molar-refractivity contribution in [1.29, 1.82) is 0 Å². The third-order valence-corrected chi connectivity index (χ3v) is 14.3. The number of allylic oxidation sites excluding steroid dienone is 4. The number of hydrogen-bond acceptors (Lipinski definition) is 1. The molecule has 0 saturated carbocycles. The van der Waals surface area contributed by atoms with Crippen LogP contribution in [0.3, 0.4) is 0 Å². The molecule has 0 atom stereocenters. The molecule has 1 aliphatic rings. The van der Waals surface area contributed by atoms with E-state index in [-0.39, 0.29) is 0 Å². The van der Waals surface area contributed by atoms with Gasteiger partial charge in [-0.1, -0.05) is 147 Å². The number of para-hydroxylation sites is 3. The standard InChI is InChI=1S/C63H42N4/c1-3-46-42-30-28-41-29-31-43-33-35-55-61(48(43)39-41)63-57(67(55)53-27-16-26-52-59(53)47-22-12-13-23-49(47)65(52)45-20-10-5-11-21-45)37-36-56-62(63)60(46)54(34-32-42)66(56)51-25-15-24-50-58(51)40(2)17-7-6-14-38-64(50)44-18-8-4-9-19-44/h3-37,39H,1-2,38H2/b14-6-,17-7-,30-28?. The molecule has 4 nitrogen and oxygen atoms in total. The van der Waals surface area contributed by atoms with Crippen molar-refractivity contribution in [1.82, 2.24) is 13.7 Å². The predicted octanol–water partition coefficient (Wildman–Crippen LogP) is 16.6. The zero-order valence-corrected chi connectivity index (χ0v) is 36.7. The summed E-state index contributed by atoms with van der Waals surface area (Å²) in [4.78, 5) is 2.40. The summed E-state index contributed by atoms with van der Waals surface area (Å²) in [6, 6.07) is 69.2. The average molecular weight is 855 g/mol. The van der Waals surface area contributed by atoms with Crippen LogP contribution in [0.15, 0.2) is 226 Å². The summed E-state index contributed by atoms with van der Waals surface area (Å²) in [5.74, 6) is 0. The van der Waals surface area contributed by atoms with Crippen LogP contribution in [0.25, 0.3) is 116 Å². The first-order chi connectivity index (χ1) is 33.2. The molecule has 10 aromatic carbocycles. The molecule has 0 fully saturated rings. The Morgan fingerprint density at radius 3 is 1.81 bits per heavy atom. The smallest absolute Gasteiger partial charge is 0.0562 e.